The van der Waals surface area contributed by atoms with E-state index in [9.17, 15) is 19.2 Å². The van der Waals surface area contributed by atoms with Crippen LogP contribution >= 0.6 is 0 Å². The molecule has 9 N–H and O–H groups in total. The van der Waals surface area contributed by atoms with Gasteiger partial charge in [0.05, 0.1) is 115 Å². The van der Waals surface area contributed by atoms with Gasteiger partial charge in [-0.3, -0.25) is 52.7 Å². The fourth-order valence-corrected chi connectivity index (χ4v) is 16.1. The van der Waals surface area contributed by atoms with Gasteiger partial charge in [0, 0.05) is 91.6 Å². The minimum absolute atomic E-state index is 0.00214. The van der Waals surface area contributed by atoms with Gasteiger partial charge in [0.15, 0.2) is 0 Å². The van der Waals surface area contributed by atoms with E-state index in [0.717, 1.165) is 97.6 Å². The Hall–Kier alpha value is -11.9. The number of hydrogen-bond acceptors (Lipinski definition) is 21. The monoisotopic (exact) mass is 1910 g/mol. The van der Waals surface area contributed by atoms with E-state index in [-0.39, 0.29) is 143 Å². The highest BCUT2D eigenvalue weighted by molar-refractivity contribution is 5.95. The summed E-state index contributed by atoms with van der Waals surface area (Å²) in [6, 6.07) is 43.5. The van der Waals surface area contributed by atoms with Gasteiger partial charge in [-0.2, -0.15) is 0 Å². The van der Waals surface area contributed by atoms with Crippen LogP contribution in [0.15, 0.2) is 146 Å². The van der Waals surface area contributed by atoms with Crippen LogP contribution in [0.3, 0.4) is 0 Å². The Bertz CT molecular complexity index is 4530. The first kappa shape index (κ1) is 115. The lowest BCUT2D eigenvalue weighted by Crippen LogP contribution is -2.54. The summed E-state index contributed by atoms with van der Waals surface area (Å²) in [6.45, 7) is -0.422. The van der Waals surface area contributed by atoms with E-state index in [0.29, 0.717) is 60.3 Å². The van der Waals surface area contributed by atoms with Crippen LogP contribution in [0.4, 0.5) is 0 Å². The molecule has 0 aliphatic carbocycles. The lowest BCUT2D eigenvalue weighted by Gasteiger charge is -2.33. The minimum Gasteiger partial charge on any atom is -0.497 e. The van der Waals surface area contributed by atoms with Gasteiger partial charge in [-0.25, -0.2) is 0 Å². The second-order valence-corrected chi connectivity index (χ2v) is 35.1. The van der Waals surface area contributed by atoms with Gasteiger partial charge in [0.25, 0.3) is 0 Å². The number of benzene rings is 6. The molecule has 0 spiro atoms. The Balaban J connectivity index is 1.34. The number of nitrogens with one attached hydrogen (secondary N) is 1. The highest BCUT2D eigenvalue weighted by Crippen LogP contribution is 2.23. The maximum atomic E-state index is 15.7. The minimum atomic E-state index is -0.699. The van der Waals surface area contributed by atoms with Gasteiger partial charge in [0.2, 0.25) is 65.0 Å². The lowest BCUT2D eigenvalue weighted by atomic mass is 10.1. The second kappa shape index (κ2) is 67.4. The third-order valence-corrected chi connectivity index (χ3v) is 24.7. The van der Waals surface area contributed by atoms with Crippen molar-refractivity contribution < 1.29 is 81.2 Å². The molecule has 760 valence electrons. The first-order chi connectivity index (χ1) is 66.9. The van der Waals surface area contributed by atoms with E-state index in [1.165, 1.54) is 115 Å². The third kappa shape index (κ3) is 44.7. The van der Waals surface area contributed by atoms with E-state index >= 15 is 33.6 Å². The number of nitrogens with two attached hydrogens (primary N) is 4. The maximum Gasteiger partial charge on any atom is 0.242 e. The predicted octanol–water partition coefficient (Wildman–Crippen LogP) is 9.57. The zero-order chi connectivity index (χ0) is 100. The molecule has 0 aliphatic heterocycles. The van der Waals surface area contributed by atoms with E-state index in [4.69, 9.17) is 51.4 Å². The molecule has 0 bridgehead atoms. The summed E-state index contributed by atoms with van der Waals surface area (Å²) in [4.78, 5) is 178. The van der Waals surface area contributed by atoms with E-state index in [2.05, 4.69) is 19.2 Å². The molecule has 6 aromatic carbocycles. The number of rotatable bonds is 74. The molecule has 0 aromatic heterocycles. The van der Waals surface area contributed by atoms with E-state index in [1.807, 2.05) is 84.9 Å². The van der Waals surface area contributed by atoms with E-state index in [1.54, 1.807) is 89.1 Å². The molecule has 0 fully saturated rings. The molecule has 32 heteroatoms. The number of carbonyl (C=O) groups is 11. The van der Waals surface area contributed by atoms with Crippen LogP contribution in [-0.2, 0) is 91.3 Å². The lowest BCUT2D eigenvalue weighted by molar-refractivity contribution is -0.149. The largest absolute Gasteiger partial charge is 0.497 e. The van der Waals surface area contributed by atoms with Crippen LogP contribution in [0, 0.1) is 0 Å². The number of amides is 11. The molecule has 0 radical (unpaired) electrons. The summed E-state index contributed by atoms with van der Waals surface area (Å²) in [5, 5.41) is 3.04. The molecule has 0 saturated carbocycles. The Kier molecular flexibility index (Phi) is 56.1. The van der Waals surface area contributed by atoms with Gasteiger partial charge < -0.3 is 106 Å². The van der Waals surface area contributed by atoms with Crippen LogP contribution in [0.2, 0.25) is 0 Å². The highest BCUT2D eigenvalue weighted by Gasteiger charge is 2.34. The molecule has 11 amide bonds. The number of hydrogen-bond donors (Lipinski definition) is 5. The van der Waals surface area contributed by atoms with Crippen molar-refractivity contribution in [3.8, 4) is 34.5 Å². The molecule has 32 nitrogen and oxygen atoms in total. The van der Waals surface area contributed by atoms with Crippen molar-refractivity contribution in [1.82, 2.24) is 54.3 Å². The number of unbranched alkanes of at least 4 members (excludes halogenated alkanes) is 18. The Morgan fingerprint density at radius 1 is 0.225 bits per heavy atom. The molecule has 0 aliphatic rings. The van der Waals surface area contributed by atoms with Crippen molar-refractivity contribution in [3.05, 3.63) is 179 Å². The Morgan fingerprint density at radius 3 is 0.580 bits per heavy atom. The fourth-order valence-electron chi connectivity index (χ4n) is 16.1. The third-order valence-electron chi connectivity index (χ3n) is 24.7. The van der Waals surface area contributed by atoms with Crippen LogP contribution in [-0.4, -0.2) is 320 Å². The molecule has 0 heterocycles. The first-order valence-corrected chi connectivity index (χ1v) is 49.6. The summed E-state index contributed by atoms with van der Waals surface area (Å²) in [6.07, 6.45) is 22.5. The zero-order valence-corrected chi connectivity index (χ0v) is 83.6. The van der Waals surface area contributed by atoms with E-state index < -0.39 is 111 Å². The average Bonchev–Trinajstić information content (AvgIpc) is 0.844. The van der Waals surface area contributed by atoms with Crippen molar-refractivity contribution in [3.63, 3.8) is 0 Å². The normalized spacial score (nSPS) is 11.0. The van der Waals surface area contributed by atoms with Gasteiger partial charge in [-0.05, 0) is 158 Å². The smallest absolute Gasteiger partial charge is 0.242 e. The maximum absolute atomic E-state index is 15.7. The second-order valence-electron chi connectivity index (χ2n) is 35.1. The number of nitrogens with zero attached hydrogens (tertiary/aromatic N) is 10. The SMILES string of the molecule is CCCCCCCCCCCCN(CC(N)=O)C(=O)CN(CCCCCCCCCCCC)C(=O)CN(CCc1ccc(OC)cc1)C(=O)CN(CCc1ccc(OC)cc1)C(=O)CN(CCN)C(=O)CN(CCc1ccc(OC)cc1)C(=O)CN(CCc1ccc(OC)cc1)C(=O)CN(CCN)C(=O)CN(CCc1ccc(OC)cc1)C(=O)CN(CCc1ccc(OC)cc1)C(=O)CNCCN. The molecule has 0 saturated heterocycles. The zero-order valence-electron chi connectivity index (χ0n) is 83.6. The number of ether oxygens (including phenoxy) is 6. The number of carbonyl (C=O) groups excluding carboxylic acids is 11. The van der Waals surface area contributed by atoms with Crippen molar-refractivity contribution in [1.29, 1.82) is 0 Å². The van der Waals surface area contributed by atoms with Gasteiger partial charge >= 0.3 is 0 Å². The van der Waals surface area contributed by atoms with Gasteiger partial charge in [-0.15, -0.1) is 0 Å². The van der Waals surface area contributed by atoms with Crippen molar-refractivity contribution >= 4 is 65.0 Å². The standard InChI is InChI=1S/C106H159N15O17/c1-9-11-13-15-17-19-21-23-25-27-63-112(74-96(110)122)98(124)75-113(64-28-26-24-22-20-18-16-14-12-10-2)99(125)77-115(66-54-85-31-43-91(134-4)44-32-85)101(127)78-116(67-55-86-33-45-92(135-5)46-34-86)103(129)83-121(72-61-109)106(132)81-119(70-58-89-39-51-95(138-8)52-40-89)102(128)79-117(68-56-87-35-47-93(136-6)48-36-87)104(130)82-120(71-60-108)105(131)80-118(69-57-88-37-49-94(137-7)50-38-88)100(126)76-114(97(123)73-111-62-59-107)65-53-84-29-41-90(133-3)42-30-84/h29-52,111H,9-28,53-83,107-109H2,1-8H3,(H2,110,122). The van der Waals surface area contributed by atoms with Gasteiger partial charge in [-0.1, -0.05) is 202 Å². The number of primary amides is 1. The number of methoxy groups -OCH3 is 6. The molecule has 6 rings (SSSR count). The summed E-state index contributed by atoms with van der Waals surface area (Å²) in [7, 11) is 9.30. The molecule has 138 heavy (non-hydrogen) atoms. The first-order valence-electron chi connectivity index (χ1n) is 49.6. The average molecular weight is 1920 g/mol. The Labute approximate surface area is 819 Å². The van der Waals surface area contributed by atoms with Crippen LogP contribution in [0.25, 0.3) is 0 Å². The van der Waals surface area contributed by atoms with Crippen LogP contribution in [0.1, 0.15) is 176 Å². The highest BCUT2D eigenvalue weighted by atomic mass is 16.5. The quantitative estimate of drug-likeness (QED) is 0.0222. The fraction of sp³-hybridized carbons (Fsp3) is 0.557. The van der Waals surface area contributed by atoms with Gasteiger partial charge in [0.1, 0.15) is 34.5 Å². The summed E-state index contributed by atoms with van der Waals surface area (Å²) < 4.78 is 32.7. The topological polar surface area (TPSA) is 392 Å². The molecule has 6 aromatic rings. The van der Waals surface area contributed by atoms with Crippen molar-refractivity contribution in [2.45, 2.75) is 181 Å². The predicted molar refractivity (Wildman–Crippen MR) is 539 cm³/mol. The Morgan fingerprint density at radius 2 is 0.399 bits per heavy atom. The summed E-state index contributed by atoms with van der Waals surface area (Å²) in [5.74, 6) is -2.90. The molecular formula is C106H159N15O17. The molecule has 0 atom stereocenters. The van der Waals surface area contributed by atoms with Crippen LogP contribution < -0.4 is 56.7 Å². The summed E-state index contributed by atoms with van der Waals surface area (Å²) >= 11 is 0. The van der Waals surface area contributed by atoms with Crippen molar-refractivity contribution in [2.24, 2.45) is 22.9 Å². The van der Waals surface area contributed by atoms with Crippen molar-refractivity contribution in [2.75, 3.05) is 206 Å². The van der Waals surface area contributed by atoms with Crippen LogP contribution in [0.5, 0.6) is 34.5 Å². The molecule has 0 unspecified atom stereocenters. The molecular weight excluding hydrogens is 1760 g/mol. The summed E-state index contributed by atoms with van der Waals surface area (Å²) in [5.41, 5.74) is 29.1.